The number of aromatic nitrogens is 4. The lowest BCUT2D eigenvalue weighted by Crippen LogP contribution is -2.12. The van der Waals surface area contributed by atoms with Gasteiger partial charge < -0.3 is 15.4 Å². The van der Waals surface area contributed by atoms with E-state index in [4.69, 9.17) is 4.74 Å². The summed E-state index contributed by atoms with van der Waals surface area (Å²) in [6.45, 7) is 5.26. The van der Waals surface area contributed by atoms with Crippen molar-refractivity contribution in [1.82, 2.24) is 19.7 Å². The van der Waals surface area contributed by atoms with E-state index >= 15 is 0 Å². The number of rotatable bonds is 8. The van der Waals surface area contributed by atoms with E-state index < -0.39 is 9.84 Å². The third-order valence-electron chi connectivity index (χ3n) is 4.53. The molecule has 3 aromatic heterocycles. The average molecular weight is 459 g/mol. The maximum Gasteiger partial charge on any atom is 0.222 e. The monoisotopic (exact) mass is 458 g/mol. The maximum atomic E-state index is 12.2. The van der Waals surface area contributed by atoms with Gasteiger partial charge in [0.2, 0.25) is 5.91 Å². The molecule has 3 heterocycles. The zero-order chi connectivity index (χ0) is 23.5. The summed E-state index contributed by atoms with van der Waals surface area (Å²) in [4.78, 5) is 20.0. The molecule has 0 radical (unpaired) electrons. The Labute approximate surface area is 187 Å². The number of amides is 1. The van der Waals surface area contributed by atoms with Crippen LogP contribution in [0.1, 0.15) is 27.2 Å². The van der Waals surface area contributed by atoms with Crippen LogP contribution in [0, 0.1) is 0 Å². The van der Waals surface area contributed by atoms with Crippen molar-refractivity contribution in [2.75, 3.05) is 16.9 Å². The minimum atomic E-state index is -3.58. The van der Waals surface area contributed by atoms with Gasteiger partial charge in [-0.3, -0.25) is 9.48 Å². The van der Waals surface area contributed by atoms with Gasteiger partial charge in [0.25, 0.3) is 0 Å². The Morgan fingerprint density at radius 3 is 2.59 bits per heavy atom. The van der Waals surface area contributed by atoms with Crippen LogP contribution >= 0.6 is 0 Å². The number of sulfone groups is 1. The summed E-state index contributed by atoms with van der Waals surface area (Å²) in [6.07, 6.45) is 5.11. The van der Waals surface area contributed by atoms with Gasteiger partial charge in [-0.2, -0.15) is 5.10 Å². The minimum absolute atomic E-state index is 0.103. The molecule has 32 heavy (non-hydrogen) atoms. The van der Waals surface area contributed by atoms with Crippen molar-refractivity contribution < 1.29 is 17.9 Å². The molecule has 0 saturated carbocycles. The Kier molecular flexibility index (Phi) is 6.78. The second-order valence-electron chi connectivity index (χ2n) is 7.43. The van der Waals surface area contributed by atoms with Crippen LogP contribution in [0.15, 0.2) is 41.7 Å². The van der Waals surface area contributed by atoms with Crippen LogP contribution in [0.25, 0.3) is 11.3 Å². The number of anilines is 3. The van der Waals surface area contributed by atoms with Gasteiger partial charge in [0.1, 0.15) is 17.4 Å². The number of nitrogens with one attached hydrogen (secondary N) is 2. The third kappa shape index (κ3) is 5.82. The lowest BCUT2D eigenvalue weighted by molar-refractivity contribution is -0.114. The Balaban J connectivity index is 2.09. The molecule has 0 unspecified atom stereocenters. The molecule has 0 aromatic carbocycles. The highest BCUT2D eigenvalue weighted by Crippen LogP contribution is 2.32. The summed E-state index contributed by atoms with van der Waals surface area (Å²) in [5.74, 6) is 0.710. The first kappa shape index (κ1) is 23.2. The molecule has 1 amide bonds. The van der Waals surface area contributed by atoms with Crippen LogP contribution in [0.3, 0.4) is 0 Å². The molecule has 0 aliphatic rings. The van der Waals surface area contributed by atoms with Gasteiger partial charge >= 0.3 is 0 Å². The molecular weight excluding hydrogens is 432 g/mol. The first-order chi connectivity index (χ1) is 15.0. The smallest absolute Gasteiger partial charge is 0.222 e. The molecule has 0 bridgehead atoms. The van der Waals surface area contributed by atoms with Crippen molar-refractivity contribution in [2.45, 2.75) is 38.3 Å². The predicted molar refractivity (Wildman–Crippen MR) is 122 cm³/mol. The van der Waals surface area contributed by atoms with Crippen molar-refractivity contribution in [3.63, 3.8) is 0 Å². The number of carbonyl (C=O) groups excluding carboxylic acids is 1. The van der Waals surface area contributed by atoms with Crippen LogP contribution in [-0.4, -0.2) is 46.4 Å². The van der Waals surface area contributed by atoms with Crippen LogP contribution in [-0.2, 0) is 21.7 Å². The van der Waals surface area contributed by atoms with E-state index in [2.05, 4.69) is 25.7 Å². The third-order valence-corrected chi connectivity index (χ3v) is 5.50. The average Bonchev–Trinajstić information content (AvgIpc) is 3.13. The zero-order valence-corrected chi connectivity index (χ0v) is 19.4. The van der Waals surface area contributed by atoms with Crippen molar-refractivity contribution in [2.24, 2.45) is 7.05 Å². The molecule has 0 aliphatic heterocycles. The van der Waals surface area contributed by atoms with Gasteiger partial charge in [-0.25, -0.2) is 18.4 Å². The fourth-order valence-electron chi connectivity index (χ4n) is 2.83. The summed E-state index contributed by atoms with van der Waals surface area (Å²) >= 11 is 0. The summed E-state index contributed by atoms with van der Waals surface area (Å²) in [6, 6.07) is 6.48. The summed E-state index contributed by atoms with van der Waals surface area (Å²) < 4.78 is 31.9. The van der Waals surface area contributed by atoms with Crippen LogP contribution in [0.2, 0.25) is 0 Å². The Bertz CT molecular complexity index is 1240. The highest BCUT2D eigenvalue weighted by molar-refractivity contribution is 7.90. The van der Waals surface area contributed by atoms with Gasteiger partial charge in [0.05, 0.1) is 17.5 Å². The van der Waals surface area contributed by atoms with Crippen LogP contribution in [0.4, 0.5) is 17.3 Å². The SMILES string of the molecule is CC[C@@H](C)Oc1cc(Nc2cc(NC(C)=O)ncc2-c2ccn(C)n2)nc(S(C)(=O)=O)c1. The first-order valence-corrected chi connectivity index (χ1v) is 11.9. The van der Waals surface area contributed by atoms with E-state index in [0.717, 1.165) is 12.7 Å². The number of aryl methyl sites for hydroxylation is 1. The molecule has 0 fully saturated rings. The maximum absolute atomic E-state index is 12.2. The molecule has 10 nitrogen and oxygen atoms in total. The minimum Gasteiger partial charge on any atom is -0.490 e. The molecule has 170 valence electrons. The molecular formula is C21H26N6O4S. The summed E-state index contributed by atoms with van der Waals surface area (Å²) in [5, 5.41) is 10.1. The Morgan fingerprint density at radius 1 is 1.25 bits per heavy atom. The fraction of sp³-hybridized carbons (Fsp3) is 0.333. The lowest BCUT2D eigenvalue weighted by atomic mass is 10.1. The van der Waals surface area contributed by atoms with E-state index in [9.17, 15) is 13.2 Å². The van der Waals surface area contributed by atoms with E-state index in [0.29, 0.717) is 28.5 Å². The molecule has 3 aromatic rings. The number of pyridine rings is 2. The largest absolute Gasteiger partial charge is 0.490 e. The first-order valence-electron chi connectivity index (χ1n) is 9.98. The zero-order valence-electron chi connectivity index (χ0n) is 18.6. The normalized spacial score (nSPS) is 12.3. The number of hydrogen-bond donors (Lipinski definition) is 2. The molecule has 2 N–H and O–H groups in total. The molecule has 1 atom stereocenters. The second-order valence-corrected chi connectivity index (χ2v) is 9.39. The van der Waals surface area contributed by atoms with Crippen LogP contribution in [0.5, 0.6) is 5.75 Å². The number of carbonyl (C=O) groups is 1. The van der Waals surface area contributed by atoms with E-state index in [1.54, 1.807) is 36.3 Å². The molecule has 0 aliphatic carbocycles. The van der Waals surface area contributed by atoms with Crippen molar-refractivity contribution in [1.29, 1.82) is 0 Å². The highest BCUT2D eigenvalue weighted by Gasteiger charge is 2.17. The lowest BCUT2D eigenvalue weighted by Gasteiger charge is -2.16. The van der Waals surface area contributed by atoms with Gasteiger partial charge in [0.15, 0.2) is 14.9 Å². The quantitative estimate of drug-likeness (QED) is 0.527. The standard InChI is InChI=1S/C21H26N6O4S/c1-6-13(2)31-15-9-20(25-21(10-15)32(5,29)30)24-18-11-19(23-14(3)28)22-12-16(18)17-7-8-27(4)26-17/h7-13H,6H2,1-5H3,(H2,22,23,24,25,28)/t13-/m1/s1. The second kappa shape index (κ2) is 9.35. The van der Waals surface area contributed by atoms with E-state index in [1.807, 2.05) is 19.9 Å². The molecule has 0 spiro atoms. The fourth-order valence-corrected chi connectivity index (χ4v) is 3.42. The van der Waals surface area contributed by atoms with E-state index in [-0.39, 0.29) is 22.9 Å². The molecule has 3 rings (SSSR count). The van der Waals surface area contributed by atoms with Crippen molar-refractivity contribution in [3.05, 3.63) is 36.7 Å². The summed E-state index contributed by atoms with van der Waals surface area (Å²) in [5.41, 5.74) is 1.83. The van der Waals surface area contributed by atoms with Crippen molar-refractivity contribution >= 4 is 33.1 Å². The summed E-state index contributed by atoms with van der Waals surface area (Å²) in [7, 11) is -1.78. The van der Waals surface area contributed by atoms with Crippen molar-refractivity contribution in [3.8, 4) is 17.0 Å². The van der Waals surface area contributed by atoms with E-state index in [1.165, 1.54) is 13.0 Å². The number of hydrogen-bond acceptors (Lipinski definition) is 8. The molecule has 0 saturated heterocycles. The van der Waals surface area contributed by atoms with Gasteiger partial charge in [-0.05, 0) is 19.4 Å². The van der Waals surface area contributed by atoms with Gasteiger partial charge in [-0.1, -0.05) is 6.92 Å². The molecule has 11 heteroatoms. The Hall–Kier alpha value is -3.47. The van der Waals surface area contributed by atoms with Crippen LogP contribution < -0.4 is 15.4 Å². The Morgan fingerprint density at radius 2 is 2.00 bits per heavy atom. The predicted octanol–water partition coefficient (Wildman–Crippen LogP) is 3.16. The van der Waals surface area contributed by atoms with Gasteiger partial charge in [-0.15, -0.1) is 0 Å². The highest BCUT2D eigenvalue weighted by atomic mass is 32.2. The topological polar surface area (TPSA) is 128 Å². The number of nitrogens with zero attached hydrogens (tertiary/aromatic N) is 4. The van der Waals surface area contributed by atoms with Gasteiger partial charge in [0, 0.05) is 56.4 Å². The number of ether oxygens (including phenoxy) is 1.